The van der Waals surface area contributed by atoms with Crippen LogP contribution < -0.4 is 5.32 Å². The van der Waals surface area contributed by atoms with Gasteiger partial charge < -0.3 is 20.6 Å². The molecule has 6 heteroatoms. The Bertz CT molecular complexity index is 401. The lowest BCUT2D eigenvalue weighted by Gasteiger charge is -2.29. The molecule has 0 aliphatic rings. The predicted octanol–water partition coefficient (Wildman–Crippen LogP) is 0.272. The van der Waals surface area contributed by atoms with Crippen molar-refractivity contribution in [3.05, 3.63) is 35.9 Å². The highest BCUT2D eigenvalue weighted by molar-refractivity contribution is 7.99. The number of carboxylic acids is 1. The molecule has 0 aliphatic heterocycles. The van der Waals surface area contributed by atoms with Crippen LogP contribution in [0.15, 0.2) is 30.3 Å². The Morgan fingerprint density at radius 2 is 2.05 bits per heavy atom. The zero-order chi connectivity index (χ0) is 14.3. The van der Waals surface area contributed by atoms with Crippen LogP contribution in [-0.4, -0.2) is 52.6 Å². The fourth-order valence-corrected chi connectivity index (χ4v) is 2.95. The van der Waals surface area contributed by atoms with Crippen LogP contribution in [0, 0.1) is 0 Å². The van der Waals surface area contributed by atoms with Gasteiger partial charge in [-0.05, 0) is 12.6 Å². The second-order valence-corrected chi connectivity index (χ2v) is 5.21. The molecule has 4 N–H and O–H groups in total. The molecule has 0 amide bonds. The largest absolute Gasteiger partial charge is 0.480 e. The molecule has 1 aromatic rings. The minimum Gasteiger partial charge on any atom is -0.480 e. The maximum absolute atomic E-state index is 11.6. The van der Waals surface area contributed by atoms with Gasteiger partial charge in [0.05, 0.1) is 12.7 Å². The summed E-state index contributed by atoms with van der Waals surface area (Å²) in [6, 6.07) is 8.92. The van der Waals surface area contributed by atoms with Crippen molar-refractivity contribution < 1.29 is 20.1 Å². The van der Waals surface area contributed by atoms with Crippen LogP contribution in [0.5, 0.6) is 0 Å². The summed E-state index contributed by atoms with van der Waals surface area (Å²) in [6.07, 6.45) is -0.830. The monoisotopic (exact) mass is 285 g/mol. The number of thioether (sulfide) groups is 1. The van der Waals surface area contributed by atoms with Crippen molar-refractivity contribution in [3.8, 4) is 0 Å². The van der Waals surface area contributed by atoms with Crippen LogP contribution in [0.2, 0.25) is 0 Å². The maximum Gasteiger partial charge on any atom is 0.329 e. The molecule has 0 bridgehead atoms. The van der Waals surface area contributed by atoms with E-state index in [1.807, 2.05) is 6.07 Å². The average molecular weight is 285 g/mol. The van der Waals surface area contributed by atoms with Crippen LogP contribution in [0.3, 0.4) is 0 Å². The first-order valence-corrected chi connectivity index (χ1v) is 7.06. The molecule has 106 valence electrons. The highest BCUT2D eigenvalue weighted by Gasteiger charge is 2.38. The maximum atomic E-state index is 11.6. The van der Waals surface area contributed by atoms with E-state index in [9.17, 15) is 15.0 Å². The second-order valence-electron chi connectivity index (χ2n) is 4.18. The SMILES string of the molecule is CNC(CSCC(O)CO)(C(=O)O)c1ccccc1. The van der Waals surface area contributed by atoms with Gasteiger partial charge in [0.1, 0.15) is 0 Å². The summed E-state index contributed by atoms with van der Waals surface area (Å²) in [7, 11) is 1.60. The molecule has 0 saturated heterocycles. The Hall–Kier alpha value is -1.08. The van der Waals surface area contributed by atoms with Crippen LogP contribution in [0.1, 0.15) is 5.56 Å². The lowest BCUT2D eigenvalue weighted by molar-refractivity contribution is -0.144. The molecule has 0 aliphatic carbocycles. The fraction of sp³-hybridized carbons (Fsp3) is 0.462. The molecular weight excluding hydrogens is 266 g/mol. The number of aliphatic carboxylic acids is 1. The van der Waals surface area contributed by atoms with Crippen LogP contribution in [0.25, 0.3) is 0 Å². The minimum atomic E-state index is -1.19. The number of carbonyl (C=O) groups is 1. The number of benzene rings is 1. The zero-order valence-electron chi connectivity index (χ0n) is 10.7. The number of carboxylic acid groups (broad SMARTS) is 1. The van der Waals surface area contributed by atoms with Gasteiger partial charge >= 0.3 is 5.97 Å². The quantitative estimate of drug-likeness (QED) is 0.548. The van der Waals surface area contributed by atoms with Crippen LogP contribution >= 0.6 is 11.8 Å². The Balaban J connectivity index is 2.85. The third kappa shape index (κ3) is 3.94. The van der Waals surface area contributed by atoms with Gasteiger partial charge in [-0.1, -0.05) is 30.3 Å². The summed E-state index contributed by atoms with van der Waals surface area (Å²) in [5, 5.41) is 30.4. The smallest absolute Gasteiger partial charge is 0.329 e. The summed E-state index contributed by atoms with van der Waals surface area (Å²) < 4.78 is 0. The zero-order valence-corrected chi connectivity index (χ0v) is 11.6. The number of likely N-dealkylation sites (N-methyl/N-ethyl adjacent to an activating group) is 1. The molecule has 0 saturated carbocycles. The first-order chi connectivity index (χ1) is 9.06. The number of hydrogen-bond acceptors (Lipinski definition) is 5. The summed E-state index contributed by atoms with van der Waals surface area (Å²) >= 11 is 1.29. The Labute approximate surface area is 116 Å². The van der Waals surface area contributed by atoms with Gasteiger partial charge in [-0.25, -0.2) is 4.79 Å². The number of hydrogen-bond donors (Lipinski definition) is 4. The Kier molecular flexibility index (Phi) is 6.30. The molecular formula is C13H19NO4S. The second kappa shape index (κ2) is 7.49. The average Bonchev–Trinajstić information content (AvgIpc) is 2.44. The number of nitrogens with one attached hydrogen (secondary N) is 1. The lowest BCUT2D eigenvalue weighted by Crippen LogP contribution is -2.49. The topological polar surface area (TPSA) is 89.8 Å². The van der Waals surface area contributed by atoms with E-state index in [1.54, 1.807) is 31.3 Å². The Morgan fingerprint density at radius 1 is 1.42 bits per heavy atom. The van der Waals surface area contributed by atoms with E-state index in [-0.39, 0.29) is 12.4 Å². The number of aliphatic hydroxyl groups is 2. The van der Waals surface area contributed by atoms with E-state index >= 15 is 0 Å². The lowest BCUT2D eigenvalue weighted by atomic mass is 9.92. The molecule has 0 spiro atoms. The van der Waals surface area contributed by atoms with Crippen molar-refractivity contribution in [2.45, 2.75) is 11.6 Å². The molecule has 19 heavy (non-hydrogen) atoms. The molecule has 0 fully saturated rings. The van der Waals surface area contributed by atoms with Crippen LogP contribution in [0.4, 0.5) is 0 Å². The van der Waals surface area contributed by atoms with Gasteiger partial charge in [0.25, 0.3) is 0 Å². The van der Waals surface area contributed by atoms with E-state index < -0.39 is 17.6 Å². The van der Waals surface area contributed by atoms with Gasteiger partial charge in [-0.3, -0.25) is 0 Å². The molecule has 2 unspecified atom stereocenters. The molecule has 0 aromatic heterocycles. The summed E-state index contributed by atoms with van der Waals surface area (Å²) in [6.45, 7) is -0.321. The molecule has 1 rings (SSSR count). The van der Waals surface area contributed by atoms with Gasteiger partial charge in [0.2, 0.25) is 0 Å². The van der Waals surface area contributed by atoms with E-state index in [2.05, 4.69) is 5.32 Å². The minimum absolute atomic E-state index is 0.264. The summed E-state index contributed by atoms with van der Waals surface area (Å²) in [4.78, 5) is 11.6. The standard InChI is InChI=1S/C13H19NO4S/c1-14-13(12(17)18,9-19-8-11(16)7-15)10-5-3-2-4-6-10/h2-6,11,14-16H,7-9H2,1H3,(H,17,18). The van der Waals surface area contributed by atoms with Crippen LogP contribution in [-0.2, 0) is 10.3 Å². The summed E-state index contributed by atoms with van der Waals surface area (Å²) in [5.74, 6) is -0.410. The highest BCUT2D eigenvalue weighted by Crippen LogP contribution is 2.26. The van der Waals surface area contributed by atoms with Crippen molar-refractivity contribution in [1.82, 2.24) is 5.32 Å². The molecule has 2 atom stereocenters. The first kappa shape index (κ1) is 16.0. The van der Waals surface area contributed by atoms with Crippen molar-refractivity contribution in [1.29, 1.82) is 0 Å². The van der Waals surface area contributed by atoms with Crippen molar-refractivity contribution in [2.24, 2.45) is 0 Å². The van der Waals surface area contributed by atoms with Gasteiger partial charge in [0, 0.05) is 11.5 Å². The van der Waals surface area contributed by atoms with Crippen molar-refractivity contribution in [3.63, 3.8) is 0 Å². The fourth-order valence-electron chi connectivity index (χ4n) is 1.72. The van der Waals surface area contributed by atoms with Crippen molar-refractivity contribution >= 4 is 17.7 Å². The van der Waals surface area contributed by atoms with Crippen molar-refractivity contribution in [2.75, 3.05) is 25.2 Å². The molecule has 5 nitrogen and oxygen atoms in total. The van der Waals surface area contributed by atoms with Gasteiger partial charge in [-0.2, -0.15) is 11.8 Å². The number of aliphatic hydroxyl groups excluding tert-OH is 2. The molecule has 0 radical (unpaired) electrons. The van der Waals surface area contributed by atoms with E-state index in [0.29, 0.717) is 11.3 Å². The molecule has 0 heterocycles. The third-order valence-corrected chi connectivity index (χ3v) is 4.16. The third-order valence-electron chi connectivity index (χ3n) is 2.90. The van der Waals surface area contributed by atoms with E-state index in [4.69, 9.17) is 5.11 Å². The Morgan fingerprint density at radius 3 is 2.53 bits per heavy atom. The predicted molar refractivity (Wildman–Crippen MR) is 75.2 cm³/mol. The summed E-state index contributed by atoms with van der Waals surface area (Å²) in [5.41, 5.74) is -0.530. The highest BCUT2D eigenvalue weighted by atomic mass is 32.2. The number of rotatable bonds is 8. The van der Waals surface area contributed by atoms with E-state index in [1.165, 1.54) is 11.8 Å². The van der Waals surface area contributed by atoms with E-state index in [0.717, 1.165) is 0 Å². The van der Waals surface area contributed by atoms with Gasteiger partial charge in [0.15, 0.2) is 5.54 Å². The normalized spacial score (nSPS) is 15.7. The first-order valence-electron chi connectivity index (χ1n) is 5.91. The molecule has 1 aromatic carbocycles. The van der Waals surface area contributed by atoms with Gasteiger partial charge in [-0.15, -0.1) is 0 Å².